The summed E-state index contributed by atoms with van der Waals surface area (Å²) in [6.07, 6.45) is 4.46. The first-order chi connectivity index (χ1) is 16.9. The second-order valence-electron chi connectivity index (χ2n) is 7.86. The van der Waals surface area contributed by atoms with Gasteiger partial charge < -0.3 is 10.7 Å². The van der Waals surface area contributed by atoms with Crippen LogP contribution in [0.2, 0.25) is 5.02 Å². The zero-order valence-corrected chi connectivity index (χ0v) is 18.8. The van der Waals surface area contributed by atoms with E-state index in [0.717, 1.165) is 12.1 Å². The van der Waals surface area contributed by atoms with E-state index in [0.29, 0.717) is 50.1 Å². The van der Waals surface area contributed by atoms with Crippen molar-refractivity contribution in [1.82, 2.24) is 34.7 Å². The van der Waals surface area contributed by atoms with Gasteiger partial charge in [-0.25, -0.2) is 18.7 Å². The summed E-state index contributed by atoms with van der Waals surface area (Å²) in [7, 11) is 0. The lowest BCUT2D eigenvalue weighted by molar-refractivity contribution is 0.615. The standard InChI is InChI=1S/C24H15ClF2N8/c1-11-33-21-14(24-31-10-32-34-24)8-12(13-4-6-30-23(28)20(13)25)9-18(21)35(11)17-5-7-29-22-16(27)3-2-15(26)19(17)22/h2-10H,1H3,(H2,28,30)(H,31,32,34). The van der Waals surface area contributed by atoms with Crippen LogP contribution < -0.4 is 5.73 Å². The molecule has 6 rings (SSSR count). The van der Waals surface area contributed by atoms with Crippen molar-refractivity contribution in [3.05, 3.63) is 77.6 Å². The summed E-state index contributed by atoms with van der Waals surface area (Å²) in [5.41, 5.74) is 9.47. The number of nitrogens with zero attached hydrogens (tertiary/aromatic N) is 6. The third-order valence-electron chi connectivity index (χ3n) is 5.84. The molecule has 0 aliphatic heterocycles. The summed E-state index contributed by atoms with van der Waals surface area (Å²) in [6.45, 7) is 1.78. The van der Waals surface area contributed by atoms with Gasteiger partial charge in [0.15, 0.2) is 5.82 Å². The van der Waals surface area contributed by atoms with Crippen molar-refractivity contribution in [3.63, 3.8) is 0 Å². The first-order valence-corrected chi connectivity index (χ1v) is 10.8. The Morgan fingerprint density at radius 2 is 1.77 bits per heavy atom. The predicted molar refractivity (Wildman–Crippen MR) is 129 cm³/mol. The van der Waals surface area contributed by atoms with E-state index in [-0.39, 0.29) is 16.7 Å². The summed E-state index contributed by atoms with van der Waals surface area (Å²) in [5, 5.41) is 8.39. The van der Waals surface area contributed by atoms with Crippen LogP contribution in [0.15, 0.2) is 55.1 Å². The molecule has 35 heavy (non-hydrogen) atoms. The fourth-order valence-electron chi connectivity index (χ4n) is 4.32. The number of aryl methyl sites for hydroxylation is 1. The van der Waals surface area contributed by atoms with Crippen LogP contribution >= 0.6 is 11.6 Å². The van der Waals surface area contributed by atoms with Gasteiger partial charge in [-0.05, 0) is 48.9 Å². The Morgan fingerprint density at radius 1 is 0.971 bits per heavy atom. The van der Waals surface area contributed by atoms with E-state index in [4.69, 9.17) is 22.3 Å². The molecule has 4 heterocycles. The van der Waals surface area contributed by atoms with E-state index in [9.17, 15) is 8.78 Å². The van der Waals surface area contributed by atoms with Crippen LogP contribution in [-0.4, -0.2) is 34.7 Å². The molecule has 11 heteroatoms. The van der Waals surface area contributed by atoms with Gasteiger partial charge in [0, 0.05) is 23.5 Å². The Balaban J connectivity index is 1.75. The van der Waals surface area contributed by atoms with Crippen molar-refractivity contribution < 1.29 is 8.78 Å². The number of fused-ring (bicyclic) bond motifs is 2. The van der Waals surface area contributed by atoms with E-state index in [1.54, 1.807) is 29.8 Å². The van der Waals surface area contributed by atoms with Gasteiger partial charge in [0.25, 0.3) is 0 Å². The summed E-state index contributed by atoms with van der Waals surface area (Å²) >= 11 is 6.49. The third-order valence-corrected chi connectivity index (χ3v) is 6.24. The smallest absolute Gasteiger partial charge is 0.163 e. The molecule has 4 aromatic heterocycles. The minimum absolute atomic E-state index is 0.0488. The van der Waals surface area contributed by atoms with E-state index >= 15 is 0 Å². The molecular weight excluding hydrogens is 474 g/mol. The molecule has 0 unspecified atom stereocenters. The number of benzene rings is 2. The fraction of sp³-hybridized carbons (Fsp3) is 0.0417. The number of hydrogen-bond donors (Lipinski definition) is 2. The third kappa shape index (κ3) is 3.22. The molecule has 0 bridgehead atoms. The summed E-state index contributed by atoms with van der Waals surface area (Å²) in [6, 6.07) is 9.24. The van der Waals surface area contributed by atoms with Crippen LogP contribution in [0, 0.1) is 18.6 Å². The molecule has 0 saturated carbocycles. The molecule has 0 fully saturated rings. The largest absolute Gasteiger partial charge is 0.382 e. The van der Waals surface area contributed by atoms with Crippen LogP contribution in [0.3, 0.4) is 0 Å². The molecule has 0 aliphatic rings. The van der Waals surface area contributed by atoms with Crippen LogP contribution in [0.25, 0.3) is 50.1 Å². The van der Waals surface area contributed by atoms with Gasteiger partial charge in [-0.2, -0.15) is 0 Å². The molecule has 2 aromatic carbocycles. The number of H-pyrrole nitrogens is 1. The van der Waals surface area contributed by atoms with E-state index in [1.807, 2.05) is 12.1 Å². The Hall–Kier alpha value is -4.44. The highest BCUT2D eigenvalue weighted by atomic mass is 35.5. The van der Waals surface area contributed by atoms with Gasteiger partial charge in [0.05, 0.1) is 21.6 Å². The van der Waals surface area contributed by atoms with Gasteiger partial charge in [0.1, 0.15) is 40.6 Å². The SMILES string of the molecule is Cc1nc2c(-c3nnc[nH]3)cc(-c3ccnc(N)c3Cl)cc2n1-c1ccnc2c(F)ccc(F)c12. The molecule has 6 aromatic rings. The van der Waals surface area contributed by atoms with Gasteiger partial charge in [-0.15, -0.1) is 10.2 Å². The highest BCUT2D eigenvalue weighted by molar-refractivity contribution is 6.35. The summed E-state index contributed by atoms with van der Waals surface area (Å²) in [5.74, 6) is 0.00781. The first kappa shape index (κ1) is 21.1. The van der Waals surface area contributed by atoms with Gasteiger partial charge in [-0.1, -0.05) is 11.6 Å². The number of nitrogens with two attached hydrogens (primary N) is 1. The van der Waals surface area contributed by atoms with E-state index in [1.165, 1.54) is 12.5 Å². The molecule has 3 N–H and O–H groups in total. The van der Waals surface area contributed by atoms with Crippen molar-refractivity contribution in [3.8, 4) is 28.2 Å². The molecule has 172 valence electrons. The molecule has 0 spiro atoms. The van der Waals surface area contributed by atoms with Crippen molar-refractivity contribution in [2.24, 2.45) is 0 Å². The number of hydrogen-bond acceptors (Lipinski definition) is 6. The normalized spacial score (nSPS) is 11.5. The molecule has 0 amide bonds. The summed E-state index contributed by atoms with van der Waals surface area (Å²) in [4.78, 5) is 15.8. The average Bonchev–Trinajstić information content (AvgIpc) is 3.50. The number of pyridine rings is 2. The average molecular weight is 489 g/mol. The second kappa shape index (κ2) is 7.81. The lowest BCUT2D eigenvalue weighted by Crippen LogP contribution is -2.01. The highest BCUT2D eigenvalue weighted by Gasteiger charge is 2.21. The monoisotopic (exact) mass is 488 g/mol. The Bertz CT molecular complexity index is 1760. The van der Waals surface area contributed by atoms with Crippen molar-refractivity contribution in [1.29, 1.82) is 0 Å². The number of anilines is 1. The van der Waals surface area contributed by atoms with Crippen LogP contribution in [0.1, 0.15) is 5.82 Å². The number of aromatic nitrogens is 7. The summed E-state index contributed by atoms with van der Waals surface area (Å²) < 4.78 is 31.3. The quantitative estimate of drug-likeness (QED) is 0.352. The molecular formula is C24H15ClF2N8. The minimum Gasteiger partial charge on any atom is -0.382 e. The fourth-order valence-corrected chi connectivity index (χ4v) is 4.54. The molecule has 8 nitrogen and oxygen atoms in total. The maximum absolute atomic E-state index is 15.0. The Kier molecular flexibility index (Phi) is 4.71. The van der Waals surface area contributed by atoms with E-state index in [2.05, 4.69) is 25.1 Å². The van der Waals surface area contributed by atoms with Crippen LogP contribution in [0.4, 0.5) is 14.6 Å². The maximum Gasteiger partial charge on any atom is 0.163 e. The van der Waals surface area contributed by atoms with Crippen molar-refractivity contribution in [2.75, 3.05) is 5.73 Å². The van der Waals surface area contributed by atoms with Gasteiger partial charge >= 0.3 is 0 Å². The molecule has 0 aliphatic carbocycles. The van der Waals surface area contributed by atoms with Gasteiger partial charge in [0.2, 0.25) is 0 Å². The topological polar surface area (TPSA) is 111 Å². The zero-order chi connectivity index (χ0) is 24.3. The highest BCUT2D eigenvalue weighted by Crippen LogP contribution is 2.38. The number of nitrogen functional groups attached to an aromatic ring is 1. The number of nitrogens with one attached hydrogen (secondary N) is 1. The second-order valence-corrected chi connectivity index (χ2v) is 8.24. The maximum atomic E-state index is 15.0. The number of rotatable bonds is 3. The minimum atomic E-state index is -0.618. The number of aromatic amines is 1. The molecule has 0 radical (unpaired) electrons. The Morgan fingerprint density at radius 3 is 2.57 bits per heavy atom. The van der Waals surface area contributed by atoms with E-state index < -0.39 is 11.6 Å². The number of halogens is 3. The van der Waals surface area contributed by atoms with Crippen molar-refractivity contribution in [2.45, 2.75) is 6.92 Å². The predicted octanol–water partition coefficient (Wildman–Crippen LogP) is 5.24. The molecule has 0 atom stereocenters. The van der Waals surface area contributed by atoms with Gasteiger partial charge in [-0.3, -0.25) is 9.55 Å². The number of imidazole rings is 1. The lowest BCUT2D eigenvalue weighted by Gasteiger charge is -2.13. The molecule has 0 saturated heterocycles. The van der Waals surface area contributed by atoms with Crippen molar-refractivity contribution >= 4 is 39.4 Å². The Labute approximate surface area is 201 Å². The lowest BCUT2D eigenvalue weighted by atomic mass is 10.0. The zero-order valence-electron chi connectivity index (χ0n) is 18.1. The van der Waals surface area contributed by atoms with Crippen LogP contribution in [0.5, 0.6) is 0 Å². The van der Waals surface area contributed by atoms with Crippen LogP contribution in [-0.2, 0) is 0 Å². The first-order valence-electron chi connectivity index (χ1n) is 10.5.